The summed E-state index contributed by atoms with van der Waals surface area (Å²) in [6, 6.07) is 10.8. The highest BCUT2D eigenvalue weighted by Crippen LogP contribution is 2.40. The van der Waals surface area contributed by atoms with Crippen LogP contribution in [0.25, 0.3) is 22.5 Å². The predicted octanol–water partition coefficient (Wildman–Crippen LogP) is 3.73. The Bertz CT molecular complexity index is 1980. The number of anilines is 1. The van der Waals surface area contributed by atoms with Gasteiger partial charge in [-0.2, -0.15) is 0 Å². The number of aromatic nitrogens is 4. The van der Waals surface area contributed by atoms with Crippen molar-refractivity contribution >= 4 is 46.6 Å². The average molecular weight is 719 g/mol. The highest BCUT2D eigenvalue weighted by molar-refractivity contribution is 6.39. The molecule has 3 amide bonds. The van der Waals surface area contributed by atoms with Crippen molar-refractivity contribution in [2.75, 3.05) is 32.1 Å². The first-order valence-electron chi connectivity index (χ1n) is 16.6. The molecule has 4 aromatic rings. The molecule has 0 aliphatic carbocycles. The highest BCUT2D eigenvalue weighted by atomic mass is 35.5. The molecule has 2 fully saturated rings. The van der Waals surface area contributed by atoms with Crippen LogP contribution in [0.5, 0.6) is 5.88 Å². The molecule has 3 aromatic heterocycles. The summed E-state index contributed by atoms with van der Waals surface area (Å²) in [5, 5.41) is 13.0. The second-order valence-electron chi connectivity index (χ2n) is 12.6. The minimum absolute atomic E-state index is 0.0749. The van der Waals surface area contributed by atoms with Crippen molar-refractivity contribution in [1.29, 1.82) is 0 Å². The molecule has 2 atom stereocenters. The van der Waals surface area contributed by atoms with E-state index in [2.05, 4.69) is 31.2 Å². The molecule has 1 aromatic carbocycles. The summed E-state index contributed by atoms with van der Waals surface area (Å²) in [7, 11) is 3.37. The van der Waals surface area contributed by atoms with E-state index in [9.17, 15) is 14.4 Å². The zero-order valence-corrected chi connectivity index (χ0v) is 29.2. The zero-order chi connectivity index (χ0) is 34.9. The average Bonchev–Trinajstić information content (AvgIpc) is 3.66. The molecule has 13 nitrogen and oxygen atoms in total. The number of rotatable bonds is 10. The Labute approximate surface area is 299 Å². The van der Waals surface area contributed by atoms with Gasteiger partial charge in [-0.1, -0.05) is 41.4 Å². The number of nitrogens with one attached hydrogen (secondary N) is 4. The van der Waals surface area contributed by atoms with E-state index in [1.807, 2.05) is 19.2 Å². The van der Waals surface area contributed by atoms with Gasteiger partial charge in [0.15, 0.2) is 5.82 Å². The number of nitrogens with zero attached hydrogens (tertiary/aromatic N) is 5. The second-order valence-corrected chi connectivity index (χ2v) is 13.4. The van der Waals surface area contributed by atoms with Crippen LogP contribution in [0.3, 0.4) is 0 Å². The summed E-state index contributed by atoms with van der Waals surface area (Å²) in [5.74, 6) is 0.416. The molecule has 0 saturated carbocycles. The highest BCUT2D eigenvalue weighted by Gasteiger charge is 2.33. The van der Waals surface area contributed by atoms with Gasteiger partial charge in [0.25, 0.3) is 5.91 Å². The number of carbonyl (C=O) groups is 3. The van der Waals surface area contributed by atoms with Gasteiger partial charge in [0.05, 0.1) is 52.5 Å². The van der Waals surface area contributed by atoms with Gasteiger partial charge >= 0.3 is 0 Å². The van der Waals surface area contributed by atoms with Crippen molar-refractivity contribution in [3.63, 3.8) is 0 Å². The largest absolute Gasteiger partial charge is 0.481 e. The number of hydrogen-bond donors (Lipinski definition) is 4. The van der Waals surface area contributed by atoms with Crippen LogP contribution in [0.4, 0.5) is 5.69 Å². The quantitative estimate of drug-likeness (QED) is 0.192. The van der Waals surface area contributed by atoms with Crippen molar-refractivity contribution in [3.8, 4) is 28.4 Å². The first-order valence-corrected chi connectivity index (χ1v) is 17.3. The maximum Gasteiger partial charge on any atom is 0.291 e. The van der Waals surface area contributed by atoms with E-state index in [-0.39, 0.29) is 34.7 Å². The van der Waals surface area contributed by atoms with E-state index in [1.54, 1.807) is 47.0 Å². The topological polar surface area (TPSA) is 155 Å². The number of imidazole rings is 1. The molecular weight excluding hydrogens is 681 g/mol. The van der Waals surface area contributed by atoms with Gasteiger partial charge in [0.1, 0.15) is 0 Å². The van der Waals surface area contributed by atoms with Gasteiger partial charge in [-0.05, 0) is 37.6 Å². The minimum Gasteiger partial charge on any atom is -0.481 e. The molecule has 3 aliphatic heterocycles. The molecule has 0 radical (unpaired) electrons. The van der Waals surface area contributed by atoms with Gasteiger partial charge in [0, 0.05) is 74.1 Å². The molecule has 260 valence electrons. The standard InChI is InChI=1S/C35H37Cl2N9O4/c1-45-27-12-15-46(35(49)25-11-14-39-25)18-26(27)42-32(45)33(48)43-24-5-3-4-22(29(24)36)31-30(37)21(10-13-40-31)23-8-6-19(34(44-23)50-2)16-38-17-20-7-9-28(47)41-20/h3-6,8,10,13,20,25,38-39H,7,9,11-12,14-18H2,1-2H3,(H,41,47)(H,43,48)/t20-,25+/m0/s1. The summed E-state index contributed by atoms with van der Waals surface area (Å²) in [5.41, 5.74) is 5.07. The van der Waals surface area contributed by atoms with Crippen LogP contribution in [-0.4, -0.2) is 81.0 Å². The molecule has 4 N–H and O–H groups in total. The van der Waals surface area contributed by atoms with Crippen LogP contribution in [0, 0.1) is 0 Å². The first-order chi connectivity index (χ1) is 24.2. The Morgan fingerprint density at radius 2 is 1.90 bits per heavy atom. The summed E-state index contributed by atoms with van der Waals surface area (Å²) < 4.78 is 7.39. The normalized spacial score (nSPS) is 18.3. The van der Waals surface area contributed by atoms with Crippen LogP contribution < -0.4 is 26.0 Å². The fourth-order valence-corrected chi connectivity index (χ4v) is 7.17. The molecule has 2 saturated heterocycles. The number of methoxy groups -OCH3 is 1. The lowest BCUT2D eigenvalue weighted by Gasteiger charge is -2.34. The molecule has 3 aliphatic rings. The van der Waals surface area contributed by atoms with Gasteiger partial charge in [-0.3, -0.25) is 19.4 Å². The number of halogens is 2. The molecule has 0 unspecified atom stereocenters. The summed E-state index contributed by atoms with van der Waals surface area (Å²) >= 11 is 13.9. The molecule has 50 heavy (non-hydrogen) atoms. The monoisotopic (exact) mass is 717 g/mol. The molecular formula is C35H37Cl2N9O4. The number of fused-ring (bicyclic) bond motifs is 1. The lowest BCUT2D eigenvalue weighted by molar-refractivity contribution is -0.136. The van der Waals surface area contributed by atoms with Gasteiger partial charge < -0.3 is 35.5 Å². The van der Waals surface area contributed by atoms with Crippen LogP contribution in [0.15, 0.2) is 42.6 Å². The van der Waals surface area contributed by atoms with Crippen LogP contribution in [-0.2, 0) is 36.1 Å². The maximum atomic E-state index is 13.5. The van der Waals surface area contributed by atoms with Crippen molar-refractivity contribution < 1.29 is 19.1 Å². The lowest BCUT2D eigenvalue weighted by Crippen LogP contribution is -2.55. The van der Waals surface area contributed by atoms with E-state index < -0.39 is 5.91 Å². The van der Waals surface area contributed by atoms with E-state index in [0.717, 1.165) is 36.3 Å². The summed E-state index contributed by atoms with van der Waals surface area (Å²) in [6.07, 6.45) is 4.45. The summed E-state index contributed by atoms with van der Waals surface area (Å²) in [6.45, 7) is 2.97. The fourth-order valence-electron chi connectivity index (χ4n) is 6.60. The maximum absolute atomic E-state index is 13.5. The number of amides is 3. The first kappa shape index (κ1) is 33.9. The Kier molecular flexibility index (Phi) is 9.73. The smallest absolute Gasteiger partial charge is 0.291 e. The number of pyridine rings is 2. The van der Waals surface area contributed by atoms with Gasteiger partial charge in [-0.15, -0.1) is 0 Å². The van der Waals surface area contributed by atoms with Gasteiger partial charge in [0.2, 0.25) is 17.7 Å². The Morgan fingerprint density at radius 1 is 1.06 bits per heavy atom. The molecule has 15 heteroatoms. The SMILES string of the molecule is COc1nc(-c2ccnc(-c3cccc(NC(=O)c4nc5c(n4C)CCN(C(=O)[C@H]4CCN4)C5)c3Cl)c2Cl)ccc1CNC[C@@H]1CCC(=O)N1. The van der Waals surface area contributed by atoms with Crippen LogP contribution >= 0.6 is 23.2 Å². The van der Waals surface area contributed by atoms with Crippen molar-refractivity contribution in [1.82, 2.24) is 40.4 Å². The third-order valence-corrected chi connectivity index (χ3v) is 10.3. The predicted molar refractivity (Wildman–Crippen MR) is 189 cm³/mol. The van der Waals surface area contributed by atoms with Crippen LogP contribution in [0.1, 0.15) is 46.8 Å². The molecule has 0 bridgehead atoms. The van der Waals surface area contributed by atoms with E-state index >= 15 is 0 Å². The Balaban J connectivity index is 1.08. The number of ether oxygens (including phenoxy) is 1. The number of hydrogen-bond acceptors (Lipinski definition) is 9. The van der Waals surface area contributed by atoms with Crippen LogP contribution in [0.2, 0.25) is 10.0 Å². The number of benzene rings is 1. The zero-order valence-electron chi connectivity index (χ0n) is 27.7. The molecule has 6 heterocycles. The van der Waals surface area contributed by atoms with Crippen molar-refractivity contribution in [2.24, 2.45) is 7.05 Å². The van der Waals surface area contributed by atoms with Crippen molar-refractivity contribution in [2.45, 2.75) is 50.9 Å². The fraction of sp³-hybridized carbons (Fsp3) is 0.371. The Hall–Kier alpha value is -4.56. The van der Waals surface area contributed by atoms with Gasteiger partial charge in [-0.25, -0.2) is 9.97 Å². The molecule has 7 rings (SSSR count). The van der Waals surface area contributed by atoms with E-state index in [0.29, 0.717) is 78.1 Å². The lowest BCUT2D eigenvalue weighted by atomic mass is 10.0. The number of carbonyl (C=O) groups excluding carboxylic acids is 3. The second kappa shape index (κ2) is 14.4. The van der Waals surface area contributed by atoms with E-state index in [4.69, 9.17) is 32.9 Å². The third kappa shape index (κ3) is 6.65. The third-order valence-electron chi connectivity index (χ3n) is 9.48. The molecule has 0 spiro atoms. The summed E-state index contributed by atoms with van der Waals surface area (Å²) in [4.78, 5) is 53.5. The van der Waals surface area contributed by atoms with Crippen molar-refractivity contribution in [3.05, 3.63) is 75.4 Å². The van der Waals surface area contributed by atoms with E-state index in [1.165, 1.54) is 0 Å². The minimum atomic E-state index is -0.425. The Morgan fingerprint density at radius 3 is 2.64 bits per heavy atom.